The third-order valence-corrected chi connectivity index (χ3v) is 4.31. The largest absolute Gasteiger partial charge is 0.492 e. The number of hydrogen-bond donors (Lipinski definition) is 1. The van der Waals surface area contributed by atoms with Crippen molar-refractivity contribution in [1.29, 1.82) is 0 Å². The third-order valence-electron chi connectivity index (χ3n) is 4.31. The molecule has 1 N–H and O–H groups in total. The lowest BCUT2D eigenvalue weighted by Crippen LogP contribution is -2.03. The number of fused-ring (bicyclic) bond motifs is 1. The van der Waals surface area contributed by atoms with E-state index in [4.69, 9.17) is 4.74 Å². The highest BCUT2D eigenvalue weighted by Crippen LogP contribution is 2.36. The molecule has 0 aliphatic heterocycles. The van der Waals surface area contributed by atoms with E-state index in [1.54, 1.807) is 37.6 Å². The molecule has 0 unspecified atom stereocenters. The summed E-state index contributed by atoms with van der Waals surface area (Å²) in [6, 6.07) is 8.60. The molecule has 0 fully saturated rings. The molecule has 29 heavy (non-hydrogen) atoms. The molecular weight excluding hydrogens is 376 g/mol. The molecule has 2 aromatic carbocycles. The third kappa shape index (κ3) is 3.56. The van der Waals surface area contributed by atoms with Gasteiger partial charge in [-0.25, -0.2) is 28.7 Å². The molecule has 0 aliphatic carbocycles. The summed E-state index contributed by atoms with van der Waals surface area (Å²) in [7, 11) is 1.73. The van der Waals surface area contributed by atoms with Gasteiger partial charge in [0.25, 0.3) is 0 Å². The smallest absolute Gasteiger partial charge is 0.200 e. The molecular formula is C21H17F2N5O. The Hall–Kier alpha value is -3.68. The Morgan fingerprint density at radius 2 is 1.79 bits per heavy atom. The first-order valence-electron chi connectivity index (χ1n) is 9.00. The van der Waals surface area contributed by atoms with Crippen LogP contribution < -0.4 is 10.1 Å². The number of ether oxygens (including phenoxy) is 1. The van der Waals surface area contributed by atoms with E-state index < -0.39 is 11.6 Å². The van der Waals surface area contributed by atoms with E-state index >= 15 is 0 Å². The van der Waals surface area contributed by atoms with Gasteiger partial charge in [0, 0.05) is 36.5 Å². The van der Waals surface area contributed by atoms with Crippen LogP contribution in [0.1, 0.15) is 6.92 Å². The van der Waals surface area contributed by atoms with Gasteiger partial charge in [-0.15, -0.1) is 0 Å². The maximum Gasteiger partial charge on any atom is 0.200 e. The second-order valence-corrected chi connectivity index (χ2v) is 6.15. The van der Waals surface area contributed by atoms with Crippen molar-refractivity contribution < 1.29 is 13.5 Å². The molecule has 6 nitrogen and oxygen atoms in total. The van der Waals surface area contributed by atoms with Crippen LogP contribution in [-0.4, -0.2) is 33.6 Å². The molecule has 2 heterocycles. The molecule has 4 aromatic rings. The Kier molecular flexibility index (Phi) is 4.99. The Balaban J connectivity index is 1.98. The zero-order valence-electron chi connectivity index (χ0n) is 15.8. The average molecular weight is 393 g/mol. The summed E-state index contributed by atoms with van der Waals surface area (Å²) in [4.78, 5) is 17.5. The van der Waals surface area contributed by atoms with Crippen LogP contribution in [0.2, 0.25) is 0 Å². The van der Waals surface area contributed by atoms with Crippen molar-refractivity contribution in [2.24, 2.45) is 0 Å². The number of rotatable bonds is 5. The molecule has 0 aliphatic rings. The number of aromatic nitrogens is 4. The van der Waals surface area contributed by atoms with Gasteiger partial charge in [0.05, 0.1) is 6.61 Å². The molecule has 146 valence electrons. The highest BCUT2D eigenvalue weighted by Gasteiger charge is 2.17. The Morgan fingerprint density at radius 1 is 1.00 bits per heavy atom. The van der Waals surface area contributed by atoms with E-state index in [1.165, 1.54) is 12.1 Å². The fraction of sp³-hybridized carbons (Fsp3) is 0.143. The summed E-state index contributed by atoms with van der Waals surface area (Å²) in [5.74, 6) is 0.394. The van der Waals surface area contributed by atoms with Crippen molar-refractivity contribution in [2.75, 3.05) is 19.0 Å². The van der Waals surface area contributed by atoms with Crippen molar-refractivity contribution in [3.63, 3.8) is 0 Å². The molecule has 0 amide bonds. The Morgan fingerprint density at radius 3 is 2.48 bits per heavy atom. The molecule has 4 rings (SSSR count). The van der Waals surface area contributed by atoms with Gasteiger partial charge in [0.2, 0.25) is 0 Å². The number of hydrogen-bond acceptors (Lipinski definition) is 6. The maximum atomic E-state index is 14.4. The minimum Gasteiger partial charge on any atom is -0.492 e. The second-order valence-electron chi connectivity index (χ2n) is 6.15. The zero-order valence-corrected chi connectivity index (χ0v) is 15.8. The Labute approximate surface area is 165 Å². The molecule has 0 saturated carbocycles. The standard InChI is InChI=1S/C21H17F2N5O/c1-3-29-17-10-12(14-6-5-13(22)11-16(14)23)9-15-18(17)27-21(28-19(15)24-2)20-25-7-4-8-26-20/h4-11H,3H2,1-2H3,(H,24,27,28). The fourth-order valence-corrected chi connectivity index (χ4v) is 3.05. The first kappa shape index (κ1) is 18.7. The number of nitrogens with one attached hydrogen (secondary N) is 1. The van der Waals surface area contributed by atoms with Crippen molar-refractivity contribution >= 4 is 16.7 Å². The quantitative estimate of drug-likeness (QED) is 0.539. The van der Waals surface area contributed by atoms with Crippen LogP contribution in [0, 0.1) is 11.6 Å². The highest BCUT2D eigenvalue weighted by molar-refractivity contribution is 5.97. The topological polar surface area (TPSA) is 72.8 Å². The van der Waals surface area contributed by atoms with Crippen LogP contribution in [0.15, 0.2) is 48.8 Å². The van der Waals surface area contributed by atoms with Gasteiger partial charge < -0.3 is 10.1 Å². The van der Waals surface area contributed by atoms with Crippen LogP contribution in [-0.2, 0) is 0 Å². The Bertz CT molecular complexity index is 1180. The minimum absolute atomic E-state index is 0.256. The van der Waals surface area contributed by atoms with E-state index in [1.807, 2.05) is 6.92 Å². The van der Waals surface area contributed by atoms with E-state index in [0.717, 1.165) is 6.07 Å². The maximum absolute atomic E-state index is 14.4. The lowest BCUT2D eigenvalue weighted by Gasteiger charge is -2.14. The average Bonchev–Trinajstić information content (AvgIpc) is 2.74. The minimum atomic E-state index is -0.659. The van der Waals surface area contributed by atoms with Crippen LogP contribution in [0.3, 0.4) is 0 Å². The summed E-state index contributed by atoms with van der Waals surface area (Å²) in [5.41, 5.74) is 1.33. The number of halogens is 2. The van der Waals surface area contributed by atoms with E-state index in [0.29, 0.717) is 46.3 Å². The van der Waals surface area contributed by atoms with Gasteiger partial charge in [0.15, 0.2) is 11.6 Å². The summed E-state index contributed by atoms with van der Waals surface area (Å²) in [6.07, 6.45) is 3.22. The van der Waals surface area contributed by atoms with Crippen molar-refractivity contribution in [3.05, 3.63) is 60.4 Å². The molecule has 0 bridgehead atoms. The number of anilines is 1. The SMILES string of the molecule is CCOc1cc(-c2ccc(F)cc2F)cc2c(NC)nc(-c3ncccn3)nc12. The molecule has 0 saturated heterocycles. The van der Waals surface area contributed by atoms with Gasteiger partial charge in [-0.3, -0.25) is 0 Å². The van der Waals surface area contributed by atoms with E-state index in [9.17, 15) is 8.78 Å². The van der Waals surface area contributed by atoms with Crippen LogP contribution in [0.25, 0.3) is 33.7 Å². The summed E-state index contributed by atoms with van der Waals surface area (Å²) < 4.78 is 33.5. The van der Waals surface area contributed by atoms with E-state index in [-0.39, 0.29) is 5.56 Å². The van der Waals surface area contributed by atoms with Crippen molar-refractivity contribution in [2.45, 2.75) is 6.92 Å². The summed E-state index contributed by atoms with van der Waals surface area (Å²) >= 11 is 0. The van der Waals surface area contributed by atoms with Gasteiger partial charge in [-0.05, 0) is 42.8 Å². The summed E-state index contributed by atoms with van der Waals surface area (Å²) in [6.45, 7) is 2.24. The monoisotopic (exact) mass is 393 g/mol. The lowest BCUT2D eigenvalue weighted by atomic mass is 10.0. The van der Waals surface area contributed by atoms with Crippen molar-refractivity contribution in [1.82, 2.24) is 19.9 Å². The number of benzene rings is 2. The first-order valence-corrected chi connectivity index (χ1v) is 9.00. The first-order chi connectivity index (χ1) is 14.1. The van der Waals surface area contributed by atoms with Gasteiger partial charge in [-0.2, -0.15) is 0 Å². The van der Waals surface area contributed by atoms with Gasteiger partial charge >= 0.3 is 0 Å². The highest BCUT2D eigenvalue weighted by atomic mass is 19.1. The molecule has 8 heteroatoms. The predicted molar refractivity (Wildman–Crippen MR) is 107 cm³/mol. The molecule has 0 spiro atoms. The predicted octanol–water partition coefficient (Wildman–Crippen LogP) is 4.47. The molecule has 0 atom stereocenters. The van der Waals surface area contributed by atoms with E-state index in [2.05, 4.69) is 25.3 Å². The molecule has 2 aromatic heterocycles. The van der Waals surface area contributed by atoms with Crippen LogP contribution in [0.5, 0.6) is 5.75 Å². The van der Waals surface area contributed by atoms with Crippen LogP contribution >= 0.6 is 0 Å². The lowest BCUT2D eigenvalue weighted by molar-refractivity contribution is 0.344. The zero-order chi connectivity index (χ0) is 20.4. The summed E-state index contributed by atoms with van der Waals surface area (Å²) in [5, 5.41) is 3.67. The van der Waals surface area contributed by atoms with Crippen LogP contribution in [0.4, 0.5) is 14.6 Å². The molecule has 0 radical (unpaired) electrons. The van der Waals surface area contributed by atoms with Crippen molar-refractivity contribution in [3.8, 4) is 28.5 Å². The van der Waals surface area contributed by atoms with Gasteiger partial charge in [0.1, 0.15) is 28.7 Å². The van der Waals surface area contributed by atoms with Gasteiger partial charge in [-0.1, -0.05) is 0 Å². The second kappa shape index (κ2) is 7.75. The fourth-order valence-electron chi connectivity index (χ4n) is 3.05. The number of nitrogens with zero attached hydrogens (tertiary/aromatic N) is 4. The normalized spacial score (nSPS) is 10.9.